The number of rotatable bonds is 4. The lowest BCUT2D eigenvalue weighted by Gasteiger charge is -2.29. The number of hydrogen-bond donors (Lipinski definition) is 0. The quantitative estimate of drug-likeness (QED) is 0.726. The number of hydrogen-bond acceptors (Lipinski definition) is 4. The van der Waals surface area contributed by atoms with Gasteiger partial charge in [-0.1, -0.05) is 6.92 Å². The van der Waals surface area contributed by atoms with Gasteiger partial charge in [0.25, 0.3) is 0 Å². The van der Waals surface area contributed by atoms with Gasteiger partial charge in [0.15, 0.2) is 0 Å². The van der Waals surface area contributed by atoms with Gasteiger partial charge in [0.1, 0.15) is 17.4 Å². The van der Waals surface area contributed by atoms with Crippen LogP contribution in [0.25, 0.3) is 0 Å². The SMILES string of the molecule is CCC(C(=O)OC(C)(C)C)N1CC(C(C)=O)CC1=O. The van der Waals surface area contributed by atoms with Crippen molar-refractivity contribution in [2.45, 2.75) is 59.1 Å². The summed E-state index contributed by atoms with van der Waals surface area (Å²) in [6.07, 6.45) is 0.694. The van der Waals surface area contributed by atoms with Crippen molar-refractivity contribution in [3.63, 3.8) is 0 Å². The smallest absolute Gasteiger partial charge is 0.329 e. The average Bonchev–Trinajstić information content (AvgIpc) is 2.59. The number of likely N-dealkylation sites (tertiary alicyclic amines) is 1. The molecule has 2 atom stereocenters. The van der Waals surface area contributed by atoms with E-state index in [4.69, 9.17) is 4.74 Å². The number of nitrogens with zero attached hydrogens (tertiary/aromatic N) is 1. The number of amides is 1. The van der Waals surface area contributed by atoms with Gasteiger partial charge in [0.2, 0.25) is 5.91 Å². The Morgan fingerprint density at radius 1 is 1.42 bits per heavy atom. The predicted molar refractivity (Wildman–Crippen MR) is 70.4 cm³/mol. The summed E-state index contributed by atoms with van der Waals surface area (Å²) in [5.41, 5.74) is -0.576. The van der Waals surface area contributed by atoms with Crippen molar-refractivity contribution < 1.29 is 19.1 Å². The monoisotopic (exact) mass is 269 g/mol. The van der Waals surface area contributed by atoms with Gasteiger partial charge < -0.3 is 9.64 Å². The van der Waals surface area contributed by atoms with E-state index < -0.39 is 17.6 Å². The van der Waals surface area contributed by atoms with E-state index in [1.807, 2.05) is 6.92 Å². The summed E-state index contributed by atoms with van der Waals surface area (Å²) in [6, 6.07) is -0.587. The molecule has 0 radical (unpaired) electrons. The number of carbonyl (C=O) groups excluding carboxylic acids is 3. The lowest BCUT2D eigenvalue weighted by atomic mass is 10.1. The normalized spacial score (nSPS) is 21.4. The maximum absolute atomic E-state index is 12.1. The van der Waals surface area contributed by atoms with Crippen LogP contribution in [0.1, 0.15) is 47.5 Å². The van der Waals surface area contributed by atoms with Gasteiger partial charge in [-0.3, -0.25) is 9.59 Å². The summed E-state index contributed by atoms with van der Waals surface area (Å²) in [5, 5.41) is 0. The summed E-state index contributed by atoms with van der Waals surface area (Å²) < 4.78 is 5.33. The molecular formula is C14H23NO4. The lowest BCUT2D eigenvalue weighted by Crippen LogP contribution is -2.45. The number of carbonyl (C=O) groups is 3. The molecular weight excluding hydrogens is 246 g/mol. The van der Waals surface area contributed by atoms with E-state index in [9.17, 15) is 14.4 Å². The Bertz CT molecular complexity index is 383. The van der Waals surface area contributed by atoms with Gasteiger partial charge in [-0.15, -0.1) is 0 Å². The molecule has 0 aromatic rings. The zero-order valence-electron chi connectivity index (χ0n) is 12.4. The van der Waals surface area contributed by atoms with Crippen LogP contribution in [-0.2, 0) is 19.1 Å². The van der Waals surface area contributed by atoms with E-state index in [1.165, 1.54) is 11.8 Å². The molecule has 1 saturated heterocycles. The van der Waals surface area contributed by atoms with Crippen LogP contribution < -0.4 is 0 Å². The first kappa shape index (κ1) is 15.7. The summed E-state index contributed by atoms with van der Waals surface area (Å²) in [6.45, 7) is 9.02. The van der Waals surface area contributed by atoms with Gasteiger partial charge in [0.05, 0.1) is 0 Å². The minimum Gasteiger partial charge on any atom is -0.458 e. The highest BCUT2D eigenvalue weighted by Gasteiger charge is 2.39. The van der Waals surface area contributed by atoms with Crippen LogP contribution in [0.15, 0.2) is 0 Å². The Morgan fingerprint density at radius 3 is 2.37 bits per heavy atom. The molecule has 0 aliphatic carbocycles. The third kappa shape index (κ3) is 4.04. The molecule has 1 fully saturated rings. The largest absolute Gasteiger partial charge is 0.458 e. The number of ketones is 1. The van der Waals surface area contributed by atoms with Crippen LogP contribution in [0.2, 0.25) is 0 Å². The summed E-state index contributed by atoms with van der Waals surface area (Å²) in [7, 11) is 0. The van der Waals surface area contributed by atoms with Crippen molar-refractivity contribution >= 4 is 17.7 Å². The van der Waals surface area contributed by atoms with Crippen molar-refractivity contribution in [1.82, 2.24) is 4.90 Å². The van der Waals surface area contributed by atoms with Crippen LogP contribution in [0, 0.1) is 5.92 Å². The zero-order valence-corrected chi connectivity index (χ0v) is 12.4. The topological polar surface area (TPSA) is 63.7 Å². The maximum Gasteiger partial charge on any atom is 0.329 e. The van der Waals surface area contributed by atoms with Gasteiger partial charge >= 0.3 is 5.97 Å². The number of ether oxygens (including phenoxy) is 1. The minimum absolute atomic E-state index is 0.00473. The fraction of sp³-hybridized carbons (Fsp3) is 0.786. The molecule has 1 rings (SSSR count). The van der Waals surface area contributed by atoms with E-state index in [2.05, 4.69) is 0 Å². The Hall–Kier alpha value is -1.39. The van der Waals surface area contributed by atoms with Crippen molar-refractivity contribution in [3.8, 4) is 0 Å². The van der Waals surface area contributed by atoms with Crippen LogP contribution >= 0.6 is 0 Å². The van der Waals surface area contributed by atoms with Crippen LogP contribution in [0.4, 0.5) is 0 Å². The first-order valence-electron chi connectivity index (χ1n) is 6.68. The van der Waals surface area contributed by atoms with Gasteiger partial charge in [0, 0.05) is 18.9 Å². The molecule has 2 unspecified atom stereocenters. The first-order chi connectivity index (χ1) is 8.65. The Labute approximate surface area is 114 Å². The van der Waals surface area contributed by atoms with Gasteiger partial charge in [-0.25, -0.2) is 4.79 Å². The summed E-state index contributed by atoms with van der Waals surface area (Å²) >= 11 is 0. The van der Waals surface area contributed by atoms with Gasteiger partial charge in [-0.2, -0.15) is 0 Å². The second-order valence-corrected chi connectivity index (χ2v) is 6.02. The van der Waals surface area contributed by atoms with Crippen molar-refractivity contribution in [2.24, 2.45) is 5.92 Å². The van der Waals surface area contributed by atoms with Crippen LogP contribution in [0.3, 0.4) is 0 Å². The zero-order chi connectivity index (χ0) is 14.8. The first-order valence-corrected chi connectivity index (χ1v) is 6.68. The summed E-state index contributed by atoms with van der Waals surface area (Å²) in [4.78, 5) is 36.9. The molecule has 0 aromatic heterocycles. The predicted octanol–water partition coefficient (Wildman–Crippen LogP) is 1.54. The van der Waals surface area contributed by atoms with Crippen molar-refractivity contribution in [2.75, 3.05) is 6.54 Å². The van der Waals surface area contributed by atoms with E-state index >= 15 is 0 Å². The Balaban J connectivity index is 2.78. The van der Waals surface area contributed by atoms with E-state index in [-0.39, 0.29) is 24.0 Å². The van der Waals surface area contributed by atoms with E-state index in [1.54, 1.807) is 20.8 Å². The molecule has 1 aliphatic heterocycles. The molecule has 108 valence electrons. The lowest BCUT2D eigenvalue weighted by molar-refractivity contribution is -0.164. The van der Waals surface area contributed by atoms with Crippen LogP contribution in [0.5, 0.6) is 0 Å². The van der Waals surface area contributed by atoms with E-state index in [0.29, 0.717) is 13.0 Å². The molecule has 1 heterocycles. The molecule has 0 spiro atoms. The molecule has 0 N–H and O–H groups in total. The van der Waals surface area contributed by atoms with Crippen molar-refractivity contribution in [3.05, 3.63) is 0 Å². The third-order valence-electron chi connectivity index (χ3n) is 3.18. The number of esters is 1. The molecule has 5 nitrogen and oxygen atoms in total. The second kappa shape index (κ2) is 5.72. The molecule has 1 aliphatic rings. The molecule has 5 heteroatoms. The highest BCUT2D eigenvalue weighted by Crippen LogP contribution is 2.24. The molecule has 0 bridgehead atoms. The van der Waals surface area contributed by atoms with Crippen LogP contribution in [-0.4, -0.2) is 40.7 Å². The van der Waals surface area contributed by atoms with Gasteiger partial charge in [-0.05, 0) is 34.1 Å². The molecule has 19 heavy (non-hydrogen) atoms. The third-order valence-corrected chi connectivity index (χ3v) is 3.18. The summed E-state index contributed by atoms with van der Waals surface area (Å²) in [5.74, 6) is -0.829. The highest BCUT2D eigenvalue weighted by molar-refractivity contribution is 5.92. The molecule has 0 saturated carbocycles. The average molecular weight is 269 g/mol. The van der Waals surface area contributed by atoms with Crippen molar-refractivity contribution in [1.29, 1.82) is 0 Å². The maximum atomic E-state index is 12.1. The minimum atomic E-state index is -0.587. The fourth-order valence-corrected chi connectivity index (χ4v) is 2.19. The highest BCUT2D eigenvalue weighted by atomic mass is 16.6. The Morgan fingerprint density at radius 2 is 2.00 bits per heavy atom. The fourth-order valence-electron chi connectivity index (χ4n) is 2.19. The van der Waals surface area contributed by atoms with E-state index in [0.717, 1.165) is 0 Å². The molecule has 0 aromatic carbocycles. The number of Topliss-reactive ketones (excluding diaryl/α,β-unsaturated/α-hetero) is 1. The molecule has 1 amide bonds. The Kier molecular flexibility index (Phi) is 4.71. The standard InChI is InChI=1S/C14H23NO4/c1-6-11(13(18)19-14(3,4)5)15-8-10(9(2)16)7-12(15)17/h10-11H,6-8H2,1-5H3. The second-order valence-electron chi connectivity index (χ2n) is 6.02.